The average molecular weight is 463 g/mol. The molecule has 2 aromatic rings. The number of nitro groups is 1. The first kappa shape index (κ1) is 23.2. The van der Waals surface area contributed by atoms with Crippen molar-refractivity contribution in [2.45, 2.75) is 25.5 Å². The number of nitro benzene ring substituents is 1. The molecule has 4 rings (SSSR count). The zero-order valence-electron chi connectivity index (χ0n) is 18.8. The van der Waals surface area contributed by atoms with Crippen LogP contribution in [0.4, 0.5) is 11.4 Å². The summed E-state index contributed by atoms with van der Waals surface area (Å²) >= 11 is 0. The fourth-order valence-electron chi connectivity index (χ4n) is 4.07. The Morgan fingerprint density at radius 3 is 2.50 bits per heavy atom. The van der Waals surface area contributed by atoms with Gasteiger partial charge in [0, 0.05) is 50.6 Å². The molecule has 2 aliphatic rings. The van der Waals surface area contributed by atoms with Gasteiger partial charge in [-0.3, -0.25) is 15.0 Å². The van der Waals surface area contributed by atoms with Crippen LogP contribution in [0.1, 0.15) is 18.4 Å². The molecule has 9 heteroatoms. The predicted octanol–water partition coefficient (Wildman–Crippen LogP) is 3.56. The maximum absolute atomic E-state index is 13.0. The van der Waals surface area contributed by atoms with Crippen LogP contribution in [0.25, 0.3) is 0 Å². The highest BCUT2D eigenvalue weighted by Crippen LogP contribution is 2.29. The molecule has 34 heavy (non-hydrogen) atoms. The van der Waals surface area contributed by atoms with E-state index in [2.05, 4.69) is 17.0 Å². The van der Waals surface area contributed by atoms with Crippen LogP contribution in [-0.2, 0) is 25.6 Å². The minimum absolute atomic E-state index is 0.0530. The lowest BCUT2D eigenvalue weighted by Gasteiger charge is -2.24. The summed E-state index contributed by atoms with van der Waals surface area (Å²) in [4.78, 5) is 39.6. The van der Waals surface area contributed by atoms with Gasteiger partial charge in [-0.2, -0.15) is 0 Å². The van der Waals surface area contributed by atoms with E-state index in [1.54, 1.807) is 18.3 Å². The van der Waals surface area contributed by atoms with Crippen LogP contribution in [0.2, 0.25) is 0 Å². The van der Waals surface area contributed by atoms with Crippen molar-refractivity contribution in [1.82, 2.24) is 4.90 Å². The topological polar surface area (TPSA) is 102 Å². The number of esters is 2. The van der Waals surface area contributed by atoms with Crippen LogP contribution < -0.4 is 4.90 Å². The summed E-state index contributed by atoms with van der Waals surface area (Å²) < 4.78 is 10.6. The molecule has 1 atom stereocenters. The molecule has 0 radical (unpaired) electrons. The third kappa shape index (κ3) is 5.49. The number of non-ortho nitro benzene ring substituents is 1. The fourth-order valence-corrected chi connectivity index (χ4v) is 4.07. The number of anilines is 1. The van der Waals surface area contributed by atoms with Gasteiger partial charge in [0.2, 0.25) is 0 Å². The maximum atomic E-state index is 13.0. The fraction of sp³-hybridized carbons (Fsp3) is 0.280. The molecule has 176 valence electrons. The molecule has 1 saturated heterocycles. The Hall–Kier alpha value is -3.98. The monoisotopic (exact) mass is 463 g/mol. The van der Waals surface area contributed by atoms with Crippen LogP contribution >= 0.6 is 0 Å². The van der Waals surface area contributed by atoms with Gasteiger partial charge < -0.3 is 14.4 Å². The second kappa shape index (κ2) is 10.3. The van der Waals surface area contributed by atoms with Crippen LogP contribution in [-0.4, -0.2) is 48.1 Å². The third-order valence-corrected chi connectivity index (χ3v) is 5.77. The first-order valence-electron chi connectivity index (χ1n) is 10.9. The van der Waals surface area contributed by atoms with Crippen molar-refractivity contribution in [2.24, 2.45) is 0 Å². The molecule has 1 fully saturated rings. The van der Waals surface area contributed by atoms with E-state index < -0.39 is 16.9 Å². The Labute approximate surface area is 197 Å². The summed E-state index contributed by atoms with van der Waals surface area (Å²) in [6, 6.07) is 16.0. The summed E-state index contributed by atoms with van der Waals surface area (Å²) in [6.45, 7) is 2.23. The smallest absolute Gasteiger partial charge is 0.336 e. The minimum Gasteiger partial charge on any atom is -0.466 e. The third-order valence-electron chi connectivity index (χ3n) is 5.77. The molecule has 0 saturated carbocycles. The van der Waals surface area contributed by atoms with Crippen molar-refractivity contribution in [2.75, 3.05) is 25.1 Å². The van der Waals surface area contributed by atoms with Gasteiger partial charge in [0.05, 0.1) is 28.9 Å². The Balaban J connectivity index is 1.47. The predicted molar refractivity (Wildman–Crippen MR) is 125 cm³/mol. The number of benzene rings is 2. The zero-order valence-corrected chi connectivity index (χ0v) is 18.8. The highest BCUT2D eigenvalue weighted by atomic mass is 16.6. The number of nitrogens with zero attached hydrogens (tertiary/aromatic N) is 3. The zero-order chi connectivity index (χ0) is 24.1. The van der Waals surface area contributed by atoms with Gasteiger partial charge in [-0.1, -0.05) is 36.4 Å². The number of likely N-dealkylation sites (tertiary alicyclic amines) is 1. The summed E-state index contributed by atoms with van der Waals surface area (Å²) in [5, 5.41) is 11.2. The molecule has 0 bridgehead atoms. The largest absolute Gasteiger partial charge is 0.466 e. The number of ether oxygens (including phenoxy) is 2. The molecule has 2 aliphatic heterocycles. The quantitative estimate of drug-likeness (QED) is 0.349. The molecule has 0 aliphatic carbocycles. The van der Waals surface area contributed by atoms with E-state index in [9.17, 15) is 19.7 Å². The first-order chi connectivity index (χ1) is 16.4. The van der Waals surface area contributed by atoms with E-state index in [1.165, 1.54) is 35.9 Å². The summed E-state index contributed by atoms with van der Waals surface area (Å²) in [5.74, 6) is -1.10. The van der Waals surface area contributed by atoms with Crippen LogP contribution in [0.3, 0.4) is 0 Å². The number of carbonyl (C=O) groups excluding carboxylic acids is 2. The van der Waals surface area contributed by atoms with E-state index in [0.717, 1.165) is 19.5 Å². The summed E-state index contributed by atoms with van der Waals surface area (Å²) in [5.41, 5.74) is 2.06. The summed E-state index contributed by atoms with van der Waals surface area (Å²) in [6.07, 6.45) is 3.58. The normalized spacial score (nSPS) is 18.1. The molecule has 2 aromatic carbocycles. The van der Waals surface area contributed by atoms with Crippen molar-refractivity contribution < 1.29 is 24.0 Å². The van der Waals surface area contributed by atoms with Crippen molar-refractivity contribution in [3.8, 4) is 0 Å². The van der Waals surface area contributed by atoms with Gasteiger partial charge in [-0.25, -0.2) is 9.59 Å². The lowest BCUT2D eigenvalue weighted by molar-refractivity contribution is -0.384. The van der Waals surface area contributed by atoms with Gasteiger partial charge in [0.25, 0.3) is 5.69 Å². The standard InChI is InChI=1S/C25H25N3O6/c1-33-24(29)19-12-20(16-27(15-19)21-8-5-9-22(13-21)28(31)32)25(30)34-23-10-11-26(17-23)14-18-6-3-2-4-7-18/h2-9,13,15-16,23H,10-12,14,17H2,1H3. The van der Waals surface area contributed by atoms with E-state index >= 15 is 0 Å². The summed E-state index contributed by atoms with van der Waals surface area (Å²) in [7, 11) is 1.26. The van der Waals surface area contributed by atoms with Gasteiger partial charge in [-0.15, -0.1) is 0 Å². The molecule has 2 heterocycles. The molecular formula is C25H25N3O6. The first-order valence-corrected chi connectivity index (χ1v) is 10.9. The Bertz CT molecular complexity index is 1140. The maximum Gasteiger partial charge on any atom is 0.336 e. The van der Waals surface area contributed by atoms with Crippen molar-refractivity contribution >= 4 is 23.3 Å². The van der Waals surface area contributed by atoms with E-state index in [4.69, 9.17) is 9.47 Å². The van der Waals surface area contributed by atoms with Crippen LogP contribution in [0.5, 0.6) is 0 Å². The second-order valence-electron chi connectivity index (χ2n) is 8.20. The average Bonchev–Trinajstić information content (AvgIpc) is 3.30. The Morgan fingerprint density at radius 2 is 1.79 bits per heavy atom. The molecule has 0 N–H and O–H groups in total. The van der Waals surface area contributed by atoms with E-state index in [-0.39, 0.29) is 29.4 Å². The van der Waals surface area contributed by atoms with E-state index in [1.807, 2.05) is 18.2 Å². The Kier molecular flexibility index (Phi) is 7.03. The molecular weight excluding hydrogens is 438 g/mol. The molecule has 9 nitrogen and oxygen atoms in total. The molecule has 0 amide bonds. The lowest BCUT2D eigenvalue weighted by Crippen LogP contribution is -2.27. The highest BCUT2D eigenvalue weighted by Gasteiger charge is 2.29. The number of hydrogen-bond donors (Lipinski definition) is 0. The number of methoxy groups -OCH3 is 1. The molecule has 0 spiro atoms. The second-order valence-corrected chi connectivity index (χ2v) is 8.20. The minimum atomic E-state index is -0.580. The van der Waals surface area contributed by atoms with Gasteiger partial charge >= 0.3 is 11.9 Å². The van der Waals surface area contributed by atoms with Gasteiger partial charge in [-0.05, 0) is 18.1 Å². The van der Waals surface area contributed by atoms with Crippen molar-refractivity contribution in [1.29, 1.82) is 0 Å². The van der Waals surface area contributed by atoms with Gasteiger partial charge in [0.15, 0.2) is 0 Å². The highest BCUT2D eigenvalue weighted by molar-refractivity contribution is 5.96. The van der Waals surface area contributed by atoms with Crippen molar-refractivity contribution in [3.63, 3.8) is 0 Å². The van der Waals surface area contributed by atoms with Gasteiger partial charge in [0.1, 0.15) is 6.10 Å². The molecule has 1 unspecified atom stereocenters. The van der Waals surface area contributed by atoms with E-state index in [0.29, 0.717) is 12.2 Å². The Morgan fingerprint density at radius 1 is 1.06 bits per heavy atom. The van der Waals surface area contributed by atoms with Crippen LogP contribution in [0.15, 0.2) is 78.1 Å². The SMILES string of the molecule is COC(=O)C1=CN(c2cccc([N+](=O)[O-])c2)C=C(C(=O)OC2CCN(Cc3ccccc3)C2)C1. The molecule has 0 aromatic heterocycles. The number of rotatable bonds is 7. The van der Waals surface area contributed by atoms with Crippen LogP contribution in [0, 0.1) is 10.1 Å². The number of carbonyl (C=O) groups is 2. The van der Waals surface area contributed by atoms with Crippen molar-refractivity contribution in [3.05, 3.63) is 93.8 Å². The number of hydrogen-bond acceptors (Lipinski definition) is 8. The lowest BCUT2D eigenvalue weighted by atomic mass is 10.0.